The van der Waals surface area contributed by atoms with Crippen LogP contribution in [0, 0.1) is 0 Å². The number of hydrogen-bond acceptors (Lipinski definition) is 4. The van der Waals surface area contributed by atoms with Crippen LogP contribution in [-0.4, -0.2) is 47.0 Å². The Morgan fingerprint density at radius 1 is 1.17 bits per heavy atom. The summed E-state index contributed by atoms with van der Waals surface area (Å²) in [5.74, 6) is 1.97. The number of carbonyl (C=O) groups is 2. The molecule has 24 heavy (non-hydrogen) atoms. The minimum Gasteiger partial charge on any atom is -0.300 e. The van der Waals surface area contributed by atoms with E-state index in [0.29, 0.717) is 44.3 Å². The average molecular weight is 380 g/mol. The first-order valence-corrected chi connectivity index (χ1v) is 12.2. The van der Waals surface area contributed by atoms with Gasteiger partial charge in [0, 0.05) is 6.42 Å². The Labute approximate surface area is 149 Å². The van der Waals surface area contributed by atoms with E-state index in [4.69, 9.17) is 4.55 Å². The van der Waals surface area contributed by atoms with Crippen LogP contribution in [0.15, 0.2) is 0 Å². The van der Waals surface area contributed by atoms with Crippen LogP contribution in [0.25, 0.3) is 0 Å². The monoisotopic (exact) mass is 379 g/mol. The second-order valence-electron chi connectivity index (χ2n) is 6.59. The molecule has 7 heteroatoms. The van der Waals surface area contributed by atoms with Crippen LogP contribution in [0.2, 0.25) is 0 Å². The topological polar surface area (TPSA) is 88.5 Å². The Morgan fingerprint density at radius 2 is 1.83 bits per heavy atom. The molecule has 1 aliphatic rings. The van der Waals surface area contributed by atoms with E-state index in [0.717, 1.165) is 37.2 Å². The molecule has 1 aliphatic heterocycles. The largest absolute Gasteiger partial charge is 0.300 e. The highest BCUT2D eigenvalue weighted by molar-refractivity contribution is 7.97. The van der Waals surface area contributed by atoms with Gasteiger partial charge in [-0.3, -0.25) is 14.1 Å². The number of rotatable bonds is 12. The first kappa shape index (κ1) is 21.6. The van der Waals surface area contributed by atoms with Gasteiger partial charge in [-0.1, -0.05) is 26.2 Å². The Balaban J connectivity index is 2.49. The van der Waals surface area contributed by atoms with Crippen molar-refractivity contribution in [3.63, 3.8) is 0 Å². The quantitative estimate of drug-likeness (QED) is 0.320. The van der Waals surface area contributed by atoms with Crippen LogP contribution in [-0.2, 0) is 30.6 Å². The number of hydrogen-bond donors (Lipinski definition) is 1. The van der Waals surface area contributed by atoms with E-state index < -0.39 is 10.1 Å². The van der Waals surface area contributed by atoms with Gasteiger partial charge in [-0.05, 0) is 30.2 Å². The van der Waals surface area contributed by atoms with Crippen molar-refractivity contribution in [2.45, 2.75) is 76.4 Å². The molecule has 1 rings (SSSR count). The fourth-order valence-electron chi connectivity index (χ4n) is 3.04. The molecule has 140 valence electrons. The lowest BCUT2D eigenvalue weighted by atomic mass is 10.1. The molecule has 1 unspecified atom stereocenters. The molecule has 0 aromatic heterocycles. The summed E-state index contributed by atoms with van der Waals surface area (Å²) in [5, 5.41) is 0.165. The molecule has 0 aromatic rings. The number of Topliss-reactive ketones (excluding diaryl/α,β-unsaturated/α-hetero) is 2. The normalized spacial score (nSPS) is 17.8. The molecule has 1 saturated heterocycles. The van der Waals surface area contributed by atoms with E-state index >= 15 is 0 Å². The summed E-state index contributed by atoms with van der Waals surface area (Å²) in [6.07, 6.45) is 7.58. The first-order chi connectivity index (χ1) is 11.3. The maximum absolute atomic E-state index is 12.3. The van der Waals surface area contributed by atoms with Crippen molar-refractivity contribution in [1.29, 1.82) is 0 Å². The van der Waals surface area contributed by atoms with Crippen LogP contribution < -0.4 is 0 Å². The van der Waals surface area contributed by atoms with E-state index in [1.54, 1.807) is 0 Å². The van der Waals surface area contributed by atoms with Crippen LogP contribution in [0.5, 0.6) is 0 Å². The maximum atomic E-state index is 12.3. The minimum atomic E-state index is -3.94. The summed E-state index contributed by atoms with van der Waals surface area (Å²) in [6, 6.07) is 0. The van der Waals surface area contributed by atoms with Gasteiger partial charge in [-0.15, -0.1) is 0 Å². The molecule has 0 radical (unpaired) electrons. The highest BCUT2D eigenvalue weighted by Gasteiger charge is 2.35. The summed E-state index contributed by atoms with van der Waals surface area (Å²) in [7, 11) is -3.92. The van der Waals surface area contributed by atoms with Crippen LogP contribution in [0.1, 0.15) is 71.1 Å². The van der Waals surface area contributed by atoms with Crippen LogP contribution >= 0.6 is 0 Å². The molecule has 0 aliphatic carbocycles. The summed E-state index contributed by atoms with van der Waals surface area (Å²) in [4.78, 5) is 23.7. The molecule has 0 aromatic carbocycles. The lowest BCUT2D eigenvalue weighted by Gasteiger charge is -2.21. The van der Waals surface area contributed by atoms with Gasteiger partial charge in [0.2, 0.25) is 0 Å². The zero-order valence-electron chi connectivity index (χ0n) is 14.7. The summed E-state index contributed by atoms with van der Waals surface area (Å²) in [5.41, 5.74) is 0. The van der Waals surface area contributed by atoms with E-state index in [-0.39, 0.29) is 27.7 Å². The summed E-state index contributed by atoms with van der Waals surface area (Å²) >= 11 is 0. The fraction of sp³-hybridized carbons (Fsp3) is 0.882. The van der Waals surface area contributed by atoms with E-state index in [1.165, 1.54) is 0 Å². The van der Waals surface area contributed by atoms with Gasteiger partial charge in [-0.25, -0.2) is 0 Å². The number of unbranched alkanes of at least 4 members (excludes halogenated alkanes) is 3. The Hall–Kier alpha value is -0.400. The predicted molar refractivity (Wildman–Crippen MR) is 99.2 cm³/mol. The van der Waals surface area contributed by atoms with E-state index in [9.17, 15) is 18.0 Å². The van der Waals surface area contributed by atoms with Gasteiger partial charge >= 0.3 is 0 Å². The highest BCUT2D eigenvalue weighted by Crippen LogP contribution is 2.24. The van der Waals surface area contributed by atoms with Crippen molar-refractivity contribution in [2.75, 3.05) is 17.3 Å². The number of ketones is 2. The molecule has 0 bridgehead atoms. The van der Waals surface area contributed by atoms with Gasteiger partial charge in [0.1, 0.15) is 28.3 Å². The molecule has 0 amide bonds. The van der Waals surface area contributed by atoms with Crippen LogP contribution in [0.4, 0.5) is 0 Å². The van der Waals surface area contributed by atoms with E-state index in [1.807, 2.05) is 0 Å². The van der Waals surface area contributed by atoms with Gasteiger partial charge in [0.05, 0.1) is 25.0 Å². The standard InChI is InChI=1S/C17H30O5S2/c1-2-3-4-5-7-16(19)14-17(8-6-13-24(20,21)22)23-11-9-15(18)10-12-23/h17H,2-14H2,1H3/p+1. The summed E-state index contributed by atoms with van der Waals surface area (Å²) < 4.78 is 30.7. The van der Waals surface area contributed by atoms with Crippen LogP contribution in [0.3, 0.4) is 0 Å². The molecule has 1 heterocycles. The van der Waals surface area contributed by atoms with Gasteiger partial charge in [0.25, 0.3) is 10.1 Å². The fourth-order valence-corrected chi connectivity index (χ4v) is 6.34. The Morgan fingerprint density at radius 3 is 2.42 bits per heavy atom. The molecule has 5 nitrogen and oxygen atoms in total. The minimum absolute atomic E-state index is 0.0210. The third-order valence-electron chi connectivity index (χ3n) is 4.45. The van der Waals surface area contributed by atoms with Crippen molar-refractivity contribution in [3.05, 3.63) is 0 Å². The molecule has 1 atom stereocenters. The molecule has 1 fully saturated rings. The Kier molecular flexibility index (Phi) is 10.2. The third-order valence-corrected chi connectivity index (χ3v) is 8.06. The second-order valence-corrected chi connectivity index (χ2v) is 10.7. The molecule has 0 saturated carbocycles. The molecule has 0 spiro atoms. The first-order valence-electron chi connectivity index (χ1n) is 8.96. The van der Waals surface area contributed by atoms with Crippen molar-refractivity contribution in [3.8, 4) is 0 Å². The van der Waals surface area contributed by atoms with Gasteiger partial charge < -0.3 is 0 Å². The lowest BCUT2D eigenvalue weighted by Crippen LogP contribution is -2.35. The zero-order chi connectivity index (χ0) is 18.0. The Bertz CT molecular complexity index is 491. The van der Waals surface area contributed by atoms with Crippen molar-refractivity contribution >= 4 is 32.6 Å². The zero-order valence-corrected chi connectivity index (χ0v) is 16.3. The lowest BCUT2D eigenvalue weighted by molar-refractivity contribution is -0.119. The van der Waals surface area contributed by atoms with Gasteiger partial charge in [-0.2, -0.15) is 8.42 Å². The average Bonchev–Trinajstić information content (AvgIpc) is 2.50. The molecular weight excluding hydrogens is 348 g/mol. The van der Waals surface area contributed by atoms with Gasteiger partial charge in [0.15, 0.2) is 0 Å². The third kappa shape index (κ3) is 9.79. The highest BCUT2D eigenvalue weighted by atomic mass is 32.2. The SMILES string of the molecule is CCCCCCC(=O)CC(CCCS(=O)(=O)O)[S+]1CCC(=O)CC1. The van der Waals surface area contributed by atoms with Crippen molar-refractivity contribution < 1.29 is 22.6 Å². The second kappa shape index (κ2) is 11.3. The van der Waals surface area contributed by atoms with E-state index in [2.05, 4.69) is 6.92 Å². The predicted octanol–water partition coefficient (Wildman–Crippen LogP) is 2.93. The molecular formula is C17H31O5S2+. The maximum Gasteiger partial charge on any atom is 0.264 e. The molecule has 1 N–H and O–H groups in total. The van der Waals surface area contributed by atoms with Crippen molar-refractivity contribution in [2.24, 2.45) is 0 Å². The smallest absolute Gasteiger partial charge is 0.264 e. The number of carbonyl (C=O) groups excluding carboxylic acids is 2. The summed E-state index contributed by atoms with van der Waals surface area (Å²) in [6.45, 7) is 2.14. The van der Waals surface area contributed by atoms with Crippen molar-refractivity contribution in [1.82, 2.24) is 0 Å².